The highest BCUT2D eigenvalue weighted by Crippen LogP contribution is 2.36. The van der Waals surface area contributed by atoms with Gasteiger partial charge in [0.25, 0.3) is 17.1 Å². The highest BCUT2D eigenvalue weighted by molar-refractivity contribution is 8.18. The predicted molar refractivity (Wildman–Crippen MR) is 145 cm³/mol. The molecule has 1 fully saturated rings. The number of benzene rings is 3. The van der Waals surface area contributed by atoms with E-state index in [0.29, 0.717) is 33.1 Å². The van der Waals surface area contributed by atoms with E-state index in [2.05, 4.69) is 5.32 Å². The first-order valence-corrected chi connectivity index (χ1v) is 12.7. The molecule has 0 aliphatic carbocycles. The topological polar surface area (TPSA) is 75.7 Å². The van der Waals surface area contributed by atoms with Crippen LogP contribution in [0.3, 0.4) is 0 Å². The van der Waals surface area contributed by atoms with Crippen molar-refractivity contribution >= 4 is 75.4 Å². The van der Waals surface area contributed by atoms with Gasteiger partial charge in [0.1, 0.15) is 11.6 Å². The molecule has 4 rings (SSSR count). The molecule has 1 heterocycles. The Hall–Kier alpha value is -3.04. The molecule has 37 heavy (non-hydrogen) atoms. The van der Waals surface area contributed by atoms with Crippen LogP contribution < -0.4 is 10.1 Å². The quantitative estimate of drug-likeness (QED) is 0.296. The van der Waals surface area contributed by atoms with Gasteiger partial charge >= 0.3 is 0 Å². The van der Waals surface area contributed by atoms with Crippen LogP contribution in [-0.2, 0) is 16.1 Å². The molecule has 0 aromatic heterocycles. The Labute approximate surface area is 231 Å². The summed E-state index contributed by atoms with van der Waals surface area (Å²) >= 11 is 19.0. The highest BCUT2D eigenvalue weighted by atomic mass is 35.5. The van der Waals surface area contributed by atoms with Crippen molar-refractivity contribution in [2.45, 2.75) is 13.5 Å². The maximum Gasteiger partial charge on any atom is 0.293 e. The lowest BCUT2D eigenvalue weighted by atomic mass is 10.1. The number of carbonyl (C=O) groups excluding carboxylic acids is 3. The Morgan fingerprint density at radius 2 is 1.86 bits per heavy atom. The molecule has 1 saturated heterocycles. The molecule has 3 amide bonds. The normalized spacial score (nSPS) is 14.4. The van der Waals surface area contributed by atoms with Crippen LogP contribution in [0.25, 0.3) is 6.08 Å². The number of halogens is 4. The monoisotopic (exact) mass is 578 g/mol. The van der Waals surface area contributed by atoms with Crippen LogP contribution in [0.5, 0.6) is 5.75 Å². The number of ether oxygens (including phenoxy) is 1. The van der Waals surface area contributed by atoms with E-state index in [1.807, 2.05) is 6.92 Å². The molecule has 11 heteroatoms. The van der Waals surface area contributed by atoms with E-state index in [0.717, 1.165) is 10.5 Å². The van der Waals surface area contributed by atoms with Crippen molar-refractivity contribution in [2.24, 2.45) is 0 Å². The lowest BCUT2D eigenvalue weighted by Gasteiger charge is -2.14. The number of anilines is 1. The summed E-state index contributed by atoms with van der Waals surface area (Å²) in [7, 11) is 0. The third-order valence-corrected chi connectivity index (χ3v) is 7.23. The van der Waals surface area contributed by atoms with E-state index in [1.165, 1.54) is 30.3 Å². The molecule has 1 aliphatic rings. The van der Waals surface area contributed by atoms with Gasteiger partial charge in [-0.3, -0.25) is 19.3 Å². The second kappa shape index (κ2) is 11.6. The third kappa shape index (κ3) is 6.45. The summed E-state index contributed by atoms with van der Waals surface area (Å²) < 4.78 is 19.9. The van der Waals surface area contributed by atoms with E-state index in [4.69, 9.17) is 39.5 Å². The first kappa shape index (κ1) is 27.0. The maximum absolute atomic E-state index is 14.2. The first-order valence-electron chi connectivity index (χ1n) is 10.8. The van der Waals surface area contributed by atoms with E-state index in [9.17, 15) is 18.8 Å². The number of nitrogens with one attached hydrogen (secondary N) is 1. The molecule has 1 aliphatic heterocycles. The van der Waals surface area contributed by atoms with E-state index >= 15 is 0 Å². The predicted octanol–water partition coefficient (Wildman–Crippen LogP) is 7.35. The van der Waals surface area contributed by atoms with Crippen molar-refractivity contribution in [1.29, 1.82) is 0 Å². The number of rotatable bonds is 7. The molecular formula is C26H18Cl3FN2O4S. The minimum Gasteiger partial charge on any atom is -0.483 e. The molecular weight excluding hydrogens is 562 g/mol. The van der Waals surface area contributed by atoms with Gasteiger partial charge in [-0.2, -0.15) is 0 Å². The summed E-state index contributed by atoms with van der Waals surface area (Å²) in [6, 6.07) is 13.9. The van der Waals surface area contributed by atoms with E-state index < -0.39 is 22.9 Å². The number of nitrogens with zero attached hydrogens (tertiary/aromatic N) is 1. The molecule has 3 aromatic rings. The maximum atomic E-state index is 14.2. The zero-order chi connectivity index (χ0) is 26.7. The van der Waals surface area contributed by atoms with E-state index in [-0.39, 0.29) is 34.4 Å². The van der Waals surface area contributed by atoms with Crippen LogP contribution >= 0.6 is 46.6 Å². The number of hydrogen-bond donors (Lipinski definition) is 1. The van der Waals surface area contributed by atoms with Gasteiger partial charge in [0.2, 0.25) is 0 Å². The zero-order valence-corrected chi connectivity index (χ0v) is 22.3. The van der Waals surface area contributed by atoms with Gasteiger partial charge in [-0.1, -0.05) is 46.9 Å². The number of hydrogen-bond acceptors (Lipinski definition) is 5. The van der Waals surface area contributed by atoms with Gasteiger partial charge in [0.05, 0.1) is 11.4 Å². The third-order valence-electron chi connectivity index (χ3n) is 5.32. The average molecular weight is 580 g/mol. The SMILES string of the molecule is Cc1ccc(NC(=O)COc2ccc(Cl)cc2/C=C2\SC(=O)N(Cc3c(F)cccc3Cl)C2=O)cc1Cl. The molecule has 0 spiro atoms. The Kier molecular flexibility index (Phi) is 8.44. The lowest BCUT2D eigenvalue weighted by Crippen LogP contribution is -2.28. The summed E-state index contributed by atoms with van der Waals surface area (Å²) in [6.45, 7) is 1.21. The van der Waals surface area contributed by atoms with Crippen LogP contribution in [0.1, 0.15) is 16.7 Å². The van der Waals surface area contributed by atoms with Gasteiger partial charge in [-0.25, -0.2) is 4.39 Å². The number of aryl methyl sites for hydroxylation is 1. The van der Waals surface area contributed by atoms with Gasteiger partial charge in [-0.05, 0) is 72.8 Å². The summed E-state index contributed by atoms with van der Waals surface area (Å²) in [6.07, 6.45) is 1.44. The van der Waals surface area contributed by atoms with Crippen molar-refractivity contribution in [3.05, 3.63) is 97.1 Å². The fourth-order valence-electron chi connectivity index (χ4n) is 3.39. The molecule has 0 atom stereocenters. The fourth-order valence-corrected chi connectivity index (χ4v) is 4.81. The number of amides is 3. The van der Waals surface area contributed by atoms with Crippen LogP contribution in [0.15, 0.2) is 59.5 Å². The van der Waals surface area contributed by atoms with Crippen LogP contribution in [0.4, 0.5) is 14.9 Å². The van der Waals surface area contributed by atoms with E-state index in [1.54, 1.807) is 30.3 Å². The number of thioether (sulfide) groups is 1. The zero-order valence-electron chi connectivity index (χ0n) is 19.2. The average Bonchev–Trinajstić information content (AvgIpc) is 3.10. The van der Waals surface area contributed by atoms with Gasteiger partial charge in [-0.15, -0.1) is 0 Å². The van der Waals surface area contributed by atoms with Gasteiger partial charge < -0.3 is 10.1 Å². The van der Waals surface area contributed by atoms with Gasteiger partial charge in [0, 0.05) is 31.9 Å². The molecule has 0 unspecified atom stereocenters. The van der Waals surface area contributed by atoms with Crippen molar-refractivity contribution in [1.82, 2.24) is 4.90 Å². The number of imide groups is 1. The van der Waals surface area contributed by atoms with Gasteiger partial charge in [0.15, 0.2) is 6.61 Å². The van der Waals surface area contributed by atoms with Crippen molar-refractivity contribution < 1.29 is 23.5 Å². The van der Waals surface area contributed by atoms with Crippen molar-refractivity contribution in [2.75, 3.05) is 11.9 Å². The Bertz CT molecular complexity index is 1430. The molecule has 190 valence electrons. The van der Waals surface area contributed by atoms with Crippen molar-refractivity contribution in [3.63, 3.8) is 0 Å². The summed E-state index contributed by atoms with van der Waals surface area (Å²) in [5.74, 6) is -1.39. The largest absolute Gasteiger partial charge is 0.483 e. The molecule has 1 N–H and O–H groups in total. The Morgan fingerprint density at radius 3 is 2.59 bits per heavy atom. The minimum absolute atomic E-state index is 0.0420. The molecule has 0 bridgehead atoms. The number of carbonyl (C=O) groups is 3. The van der Waals surface area contributed by atoms with Crippen LogP contribution in [-0.4, -0.2) is 28.6 Å². The summed E-state index contributed by atoms with van der Waals surface area (Å²) in [4.78, 5) is 38.9. The molecule has 0 radical (unpaired) electrons. The highest BCUT2D eigenvalue weighted by Gasteiger charge is 2.36. The standard InChI is InChI=1S/C26H18Cl3FN2O4S/c1-14-5-7-17(11-20(14)29)31-24(33)13-36-22-8-6-16(27)9-15(22)10-23-25(34)32(26(35)37-23)12-18-19(28)3-2-4-21(18)30/h2-11H,12-13H2,1H3,(H,31,33)/b23-10-. The summed E-state index contributed by atoms with van der Waals surface area (Å²) in [5, 5.41) is 3.11. The lowest BCUT2D eigenvalue weighted by molar-refractivity contribution is -0.123. The van der Waals surface area contributed by atoms with Crippen molar-refractivity contribution in [3.8, 4) is 5.75 Å². The minimum atomic E-state index is -0.618. The Morgan fingerprint density at radius 1 is 1.08 bits per heavy atom. The van der Waals surface area contributed by atoms with Crippen LogP contribution in [0.2, 0.25) is 15.1 Å². The second-order valence-electron chi connectivity index (χ2n) is 7.95. The summed E-state index contributed by atoms with van der Waals surface area (Å²) in [5.41, 5.74) is 1.82. The Balaban J connectivity index is 1.49. The van der Waals surface area contributed by atoms with Crippen LogP contribution in [0, 0.1) is 12.7 Å². The molecule has 6 nitrogen and oxygen atoms in total. The molecule has 3 aromatic carbocycles. The first-order chi connectivity index (χ1) is 17.6. The smallest absolute Gasteiger partial charge is 0.293 e. The molecule has 0 saturated carbocycles. The second-order valence-corrected chi connectivity index (χ2v) is 10.2. The fraction of sp³-hybridized carbons (Fsp3) is 0.115.